The molecule has 0 spiro atoms. The molecular weight excluding hydrogens is 390 g/mol. The fraction of sp³-hybridized carbons (Fsp3) is 0. The number of hydrogen-bond donors (Lipinski definition) is 2. The van der Waals surface area contributed by atoms with Crippen LogP contribution in [0, 0.1) is 0 Å². The summed E-state index contributed by atoms with van der Waals surface area (Å²) in [5.74, 6) is -1.61. The van der Waals surface area contributed by atoms with Gasteiger partial charge in [0.05, 0.1) is 10.6 Å². The van der Waals surface area contributed by atoms with Crippen molar-refractivity contribution in [3.63, 3.8) is 0 Å². The van der Waals surface area contributed by atoms with Gasteiger partial charge in [0.1, 0.15) is 5.56 Å². The number of carboxylic acids is 1. The highest BCUT2D eigenvalue weighted by atomic mass is 35.5. The molecule has 1 amide bonds. The van der Waals surface area contributed by atoms with Gasteiger partial charge in [0.25, 0.3) is 11.7 Å². The number of nitrogens with zero attached hydrogens (tertiary/aromatic N) is 4. The summed E-state index contributed by atoms with van der Waals surface area (Å²) in [7, 11) is 0. The summed E-state index contributed by atoms with van der Waals surface area (Å²) in [6.07, 6.45) is 3.14. The minimum Gasteiger partial charge on any atom is -0.478 e. The van der Waals surface area contributed by atoms with E-state index in [1.165, 1.54) is 22.0 Å². The molecule has 0 saturated carbocycles. The van der Waals surface area contributed by atoms with Crippen molar-refractivity contribution in [2.75, 3.05) is 5.32 Å². The average Bonchev–Trinajstić information content (AvgIpc) is 3.26. The van der Waals surface area contributed by atoms with E-state index in [1.807, 2.05) is 0 Å². The Hall–Kier alpha value is -3.30. The molecule has 0 aliphatic heterocycles. The molecule has 27 heavy (non-hydrogen) atoms. The van der Waals surface area contributed by atoms with Crippen LogP contribution in [0.25, 0.3) is 16.2 Å². The van der Waals surface area contributed by atoms with Crippen LogP contribution in [-0.4, -0.2) is 36.6 Å². The van der Waals surface area contributed by atoms with E-state index in [4.69, 9.17) is 11.6 Å². The Labute approximate surface area is 161 Å². The van der Waals surface area contributed by atoms with Gasteiger partial charge in [-0.05, 0) is 23.8 Å². The minimum atomic E-state index is -1.15. The summed E-state index contributed by atoms with van der Waals surface area (Å²) >= 11 is 7.09. The normalized spacial score (nSPS) is 10.9. The number of fused-ring (bicyclic) bond motifs is 1. The highest BCUT2D eigenvalue weighted by Gasteiger charge is 2.23. The Bertz CT molecular complexity index is 1140. The van der Waals surface area contributed by atoms with Crippen molar-refractivity contribution in [1.82, 2.24) is 19.6 Å². The summed E-state index contributed by atoms with van der Waals surface area (Å²) in [6.45, 7) is 0. The molecule has 0 bridgehead atoms. The Morgan fingerprint density at radius 1 is 1.22 bits per heavy atom. The van der Waals surface area contributed by atoms with Gasteiger partial charge in [-0.15, -0.1) is 16.4 Å². The van der Waals surface area contributed by atoms with Crippen molar-refractivity contribution in [3.8, 4) is 10.4 Å². The topological polar surface area (TPSA) is 109 Å². The van der Waals surface area contributed by atoms with Gasteiger partial charge in [-0.3, -0.25) is 4.79 Å². The first-order chi connectivity index (χ1) is 13.0. The molecule has 0 aliphatic rings. The molecule has 8 nitrogen and oxygen atoms in total. The van der Waals surface area contributed by atoms with Gasteiger partial charge in [0.2, 0.25) is 5.82 Å². The number of halogens is 1. The number of carboxylic acid groups (broad SMARTS) is 1. The van der Waals surface area contributed by atoms with E-state index in [0.29, 0.717) is 15.5 Å². The Balaban J connectivity index is 1.68. The van der Waals surface area contributed by atoms with Crippen molar-refractivity contribution in [3.05, 3.63) is 64.5 Å². The van der Waals surface area contributed by atoms with E-state index in [1.54, 1.807) is 41.9 Å². The number of amides is 1. The Morgan fingerprint density at radius 2 is 2.00 bits per heavy atom. The fourth-order valence-electron chi connectivity index (χ4n) is 2.48. The molecule has 10 heteroatoms. The second kappa shape index (κ2) is 6.78. The smallest absolute Gasteiger partial charge is 0.339 e. The third-order valence-corrected chi connectivity index (χ3v) is 4.96. The van der Waals surface area contributed by atoms with Crippen molar-refractivity contribution >= 4 is 46.3 Å². The van der Waals surface area contributed by atoms with Crippen LogP contribution in [0.1, 0.15) is 21.0 Å². The number of thiophene rings is 1. The van der Waals surface area contributed by atoms with E-state index < -0.39 is 11.9 Å². The Kier molecular flexibility index (Phi) is 4.30. The lowest BCUT2D eigenvalue weighted by atomic mass is 10.1. The number of rotatable bonds is 4. The van der Waals surface area contributed by atoms with Crippen LogP contribution in [-0.2, 0) is 0 Å². The van der Waals surface area contributed by atoms with Crippen molar-refractivity contribution < 1.29 is 14.7 Å². The molecule has 4 rings (SSSR count). The lowest BCUT2D eigenvalue weighted by Crippen LogP contribution is -2.15. The molecule has 3 aromatic heterocycles. The minimum absolute atomic E-state index is 0.00226. The third kappa shape index (κ3) is 3.25. The summed E-state index contributed by atoms with van der Waals surface area (Å²) in [5.41, 5.74) is 0.865. The molecular formula is C17H10ClN5O3S. The zero-order chi connectivity index (χ0) is 19.0. The van der Waals surface area contributed by atoms with Gasteiger partial charge in [0, 0.05) is 22.8 Å². The highest BCUT2D eigenvalue weighted by molar-refractivity contribution is 7.14. The van der Waals surface area contributed by atoms with Crippen LogP contribution in [0.2, 0.25) is 5.02 Å². The number of nitrogens with one attached hydrogen (secondary N) is 1. The largest absolute Gasteiger partial charge is 0.478 e. The van der Waals surface area contributed by atoms with E-state index >= 15 is 0 Å². The van der Waals surface area contributed by atoms with Gasteiger partial charge < -0.3 is 10.4 Å². The van der Waals surface area contributed by atoms with Crippen LogP contribution >= 0.6 is 22.9 Å². The Morgan fingerprint density at radius 3 is 2.70 bits per heavy atom. The van der Waals surface area contributed by atoms with Crippen LogP contribution < -0.4 is 5.32 Å². The first-order valence-corrected chi connectivity index (χ1v) is 8.88. The number of aromatic carboxylic acids is 1. The van der Waals surface area contributed by atoms with Gasteiger partial charge in [-0.2, -0.15) is 4.98 Å². The van der Waals surface area contributed by atoms with Crippen LogP contribution in [0.15, 0.2) is 48.1 Å². The SMILES string of the molecule is O=C(Nc1csc(-c2ccc(Cl)cc2)c1C(=O)O)c1nc2ncccn2n1. The van der Waals surface area contributed by atoms with Gasteiger partial charge in [0.15, 0.2) is 0 Å². The molecule has 134 valence electrons. The first-order valence-electron chi connectivity index (χ1n) is 7.62. The zero-order valence-corrected chi connectivity index (χ0v) is 15.0. The lowest BCUT2D eigenvalue weighted by Gasteiger charge is -2.04. The number of anilines is 1. The summed E-state index contributed by atoms with van der Waals surface area (Å²) < 4.78 is 1.36. The number of carbonyl (C=O) groups is 2. The molecule has 1 aromatic carbocycles. The summed E-state index contributed by atoms with van der Waals surface area (Å²) in [4.78, 5) is 32.8. The van der Waals surface area contributed by atoms with Crippen LogP contribution in [0.3, 0.4) is 0 Å². The zero-order valence-electron chi connectivity index (χ0n) is 13.5. The van der Waals surface area contributed by atoms with Gasteiger partial charge >= 0.3 is 5.97 Å². The predicted octanol–water partition coefficient (Wildman–Crippen LogP) is 3.46. The van der Waals surface area contributed by atoms with E-state index in [0.717, 1.165) is 0 Å². The van der Waals surface area contributed by atoms with Crippen molar-refractivity contribution in [2.24, 2.45) is 0 Å². The molecule has 4 aromatic rings. The number of aromatic nitrogens is 4. The first kappa shape index (κ1) is 17.1. The summed E-state index contributed by atoms with van der Waals surface area (Å²) in [5, 5.41) is 18.3. The maximum absolute atomic E-state index is 12.5. The standard InChI is InChI=1S/C17H10ClN5O3S/c18-10-4-2-9(3-5-10)13-12(16(25)26)11(8-27-13)20-15(24)14-21-17-19-6-1-7-23(17)22-14/h1-8H,(H,20,24)(H,25,26). The summed E-state index contributed by atoms with van der Waals surface area (Å²) in [6, 6.07) is 8.45. The monoisotopic (exact) mass is 399 g/mol. The maximum Gasteiger partial charge on any atom is 0.339 e. The van der Waals surface area contributed by atoms with E-state index in [-0.39, 0.29) is 22.9 Å². The molecule has 0 atom stereocenters. The highest BCUT2D eigenvalue weighted by Crippen LogP contribution is 2.36. The van der Waals surface area contributed by atoms with Crippen molar-refractivity contribution in [1.29, 1.82) is 0 Å². The molecule has 0 radical (unpaired) electrons. The number of hydrogen-bond acceptors (Lipinski definition) is 6. The molecule has 3 heterocycles. The molecule has 0 unspecified atom stereocenters. The van der Waals surface area contributed by atoms with Gasteiger partial charge in [-0.1, -0.05) is 23.7 Å². The van der Waals surface area contributed by atoms with Gasteiger partial charge in [-0.25, -0.2) is 14.3 Å². The quantitative estimate of drug-likeness (QED) is 0.544. The molecule has 0 fully saturated rings. The van der Waals surface area contributed by atoms with Crippen molar-refractivity contribution in [2.45, 2.75) is 0 Å². The third-order valence-electron chi connectivity index (χ3n) is 3.68. The number of benzene rings is 1. The fourth-order valence-corrected chi connectivity index (χ4v) is 3.61. The van der Waals surface area contributed by atoms with E-state index in [9.17, 15) is 14.7 Å². The lowest BCUT2D eigenvalue weighted by molar-refractivity contribution is 0.0699. The maximum atomic E-state index is 12.5. The molecule has 0 aliphatic carbocycles. The predicted molar refractivity (Wildman–Crippen MR) is 100 cm³/mol. The molecule has 2 N–H and O–H groups in total. The van der Waals surface area contributed by atoms with Crippen LogP contribution in [0.4, 0.5) is 5.69 Å². The number of carbonyl (C=O) groups excluding carboxylic acids is 1. The second-order valence-electron chi connectivity index (χ2n) is 5.42. The van der Waals surface area contributed by atoms with Crippen LogP contribution in [0.5, 0.6) is 0 Å². The second-order valence-corrected chi connectivity index (χ2v) is 6.74. The average molecular weight is 400 g/mol. The van der Waals surface area contributed by atoms with E-state index in [2.05, 4.69) is 20.4 Å². The molecule has 0 saturated heterocycles.